The maximum Gasteiger partial charge on any atom is 0.295 e. The lowest BCUT2D eigenvalue weighted by molar-refractivity contribution is -0.384. The molecule has 0 radical (unpaired) electrons. The van der Waals surface area contributed by atoms with Crippen LogP contribution < -0.4 is 9.80 Å². The first-order valence-electron chi connectivity index (χ1n) is 9.85. The van der Waals surface area contributed by atoms with Crippen molar-refractivity contribution in [2.24, 2.45) is 0 Å². The van der Waals surface area contributed by atoms with Gasteiger partial charge in [0.25, 0.3) is 11.6 Å². The van der Waals surface area contributed by atoms with Crippen LogP contribution in [0.2, 0.25) is 0 Å². The summed E-state index contributed by atoms with van der Waals surface area (Å²) in [6.45, 7) is 3.43. The van der Waals surface area contributed by atoms with E-state index in [1.54, 1.807) is 17.0 Å². The Hall–Kier alpha value is -2.68. The molecular formula is C20H23FN4O3S. The fraction of sp³-hybridized carbons (Fsp3) is 0.450. The molecule has 2 aromatic rings. The number of hydrogen-bond acceptors (Lipinski definition) is 6. The topological polar surface area (TPSA) is 69.9 Å². The van der Waals surface area contributed by atoms with Crippen LogP contribution in [-0.2, 0) is 0 Å². The number of piperidine rings is 1. The summed E-state index contributed by atoms with van der Waals surface area (Å²) in [6, 6.07) is 6.31. The molecule has 2 fully saturated rings. The molecule has 4 rings (SSSR count). The molecule has 2 aliphatic rings. The molecule has 3 heterocycles. The van der Waals surface area contributed by atoms with Gasteiger partial charge in [0.2, 0.25) is 0 Å². The van der Waals surface area contributed by atoms with Crippen molar-refractivity contribution in [2.45, 2.75) is 19.3 Å². The molecule has 1 aromatic carbocycles. The number of nitrogens with zero attached hydrogens (tertiary/aromatic N) is 4. The Kier molecular flexibility index (Phi) is 5.66. The van der Waals surface area contributed by atoms with Crippen LogP contribution in [0, 0.1) is 15.9 Å². The first kappa shape index (κ1) is 19.6. The van der Waals surface area contributed by atoms with E-state index in [1.165, 1.54) is 11.3 Å². The summed E-state index contributed by atoms with van der Waals surface area (Å²) in [7, 11) is 0. The number of amides is 1. The van der Waals surface area contributed by atoms with Gasteiger partial charge in [-0.1, -0.05) is 6.07 Å². The van der Waals surface area contributed by atoms with Crippen molar-refractivity contribution < 1.29 is 14.1 Å². The molecule has 0 bridgehead atoms. The Labute approximate surface area is 172 Å². The van der Waals surface area contributed by atoms with Gasteiger partial charge in [0, 0.05) is 39.3 Å². The Bertz CT molecular complexity index is 891. The monoisotopic (exact) mass is 418 g/mol. The molecule has 7 nitrogen and oxygen atoms in total. The summed E-state index contributed by atoms with van der Waals surface area (Å²) in [5.41, 5.74) is 0.642. The van der Waals surface area contributed by atoms with Crippen LogP contribution in [0.1, 0.15) is 28.9 Å². The second kappa shape index (κ2) is 8.36. The van der Waals surface area contributed by atoms with Crippen molar-refractivity contribution in [3.05, 3.63) is 50.5 Å². The molecule has 0 saturated carbocycles. The number of hydrogen-bond donors (Lipinski definition) is 0. The molecule has 1 aromatic heterocycles. The number of thiophene rings is 1. The second-order valence-corrected chi connectivity index (χ2v) is 8.30. The number of benzene rings is 1. The van der Waals surface area contributed by atoms with Gasteiger partial charge in [0.05, 0.1) is 21.6 Å². The van der Waals surface area contributed by atoms with Gasteiger partial charge in [-0.25, -0.2) is 4.39 Å². The Morgan fingerprint density at radius 3 is 2.31 bits per heavy atom. The predicted molar refractivity (Wildman–Crippen MR) is 112 cm³/mol. The molecule has 0 spiro atoms. The lowest BCUT2D eigenvalue weighted by Crippen LogP contribution is -2.48. The van der Waals surface area contributed by atoms with Crippen LogP contribution in [0.4, 0.5) is 21.5 Å². The highest BCUT2D eigenvalue weighted by Crippen LogP contribution is 2.36. The quantitative estimate of drug-likeness (QED) is 0.559. The van der Waals surface area contributed by atoms with Gasteiger partial charge < -0.3 is 14.7 Å². The molecule has 2 saturated heterocycles. The minimum Gasteiger partial charge on any atom is -0.369 e. The maximum absolute atomic E-state index is 14.7. The highest BCUT2D eigenvalue weighted by Gasteiger charge is 2.29. The number of piperazine rings is 1. The Balaban J connectivity index is 1.55. The molecule has 2 aliphatic heterocycles. The van der Waals surface area contributed by atoms with Crippen molar-refractivity contribution in [2.75, 3.05) is 49.1 Å². The number of nitro groups is 1. The SMILES string of the molecule is O=C(c1cccs1)N1CCN(c2cc(N3CCCCC3)c(F)cc2[N+](=O)[O-])CC1. The van der Waals surface area contributed by atoms with Crippen LogP contribution >= 0.6 is 11.3 Å². The number of rotatable bonds is 4. The van der Waals surface area contributed by atoms with E-state index in [4.69, 9.17) is 0 Å². The van der Waals surface area contributed by atoms with Crippen LogP contribution in [0.25, 0.3) is 0 Å². The number of anilines is 2. The first-order valence-corrected chi connectivity index (χ1v) is 10.7. The molecular weight excluding hydrogens is 395 g/mol. The summed E-state index contributed by atoms with van der Waals surface area (Å²) in [5, 5.41) is 13.4. The van der Waals surface area contributed by atoms with E-state index in [0.29, 0.717) is 42.4 Å². The number of nitro benzene ring substituents is 1. The lowest BCUT2D eigenvalue weighted by atomic mass is 10.1. The summed E-state index contributed by atoms with van der Waals surface area (Å²) >= 11 is 1.41. The van der Waals surface area contributed by atoms with Crippen LogP contribution in [0.5, 0.6) is 0 Å². The van der Waals surface area contributed by atoms with Gasteiger partial charge in [-0.05, 0) is 36.8 Å². The van der Waals surface area contributed by atoms with E-state index >= 15 is 0 Å². The molecule has 9 heteroatoms. The third-order valence-electron chi connectivity index (χ3n) is 5.58. The van der Waals surface area contributed by atoms with E-state index in [9.17, 15) is 19.3 Å². The predicted octanol–water partition coefficient (Wildman–Crippen LogP) is 3.75. The molecule has 1 amide bonds. The normalized spacial score (nSPS) is 17.5. The summed E-state index contributed by atoms with van der Waals surface area (Å²) < 4.78 is 14.7. The second-order valence-electron chi connectivity index (χ2n) is 7.35. The third kappa shape index (κ3) is 4.05. The van der Waals surface area contributed by atoms with Crippen LogP contribution in [0.3, 0.4) is 0 Å². The minimum atomic E-state index is -0.547. The zero-order valence-corrected chi connectivity index (χ0v) is 16.9. The molecule has 29 heavy (non-hydrogen) atoms. The van der Waals surface area contributed by atoms with E-state index in [0.717, 1.165) is 38.4 Å². The highest BCUT2D eigenvalue weighted by atomic mass is 32.1. The fourth-order valence-corrected chi connectivity index (χ4v) is 4.71. The highest BCUT2D eigenvalue weighted by molar-refractivity contribution is 7.12. The Morgan fingerprint density at radius 1 is 1.00 bits per heavy atom. The van der Waals surface area contributed by atoms with Crippen LogP contribution in [0.15, 0.2) is 29.6 Å². The van der Waals surface area contributed by atoms with E-state index in [1.807, 2.05) is 21.2 Å². The summed E-state index contributed by atoms with van der Waals surface area (Å²) in [5.74, 6) is -0.559. The molecule has 154 valence electrons. The molecule has 0 atom stereocenters. The van der Waals surface area contributed by atoms with Crippen molar-refractivity contribution in [1.29, 1.82) is 0 Å². The standard InChI is InChI=1S/C20H23FN4O3S/c21-15-13-18(25(27)28)17(14-16(15)22-6-2-1-3-7-22)23-8-10-24(11-9-23)20(26)19-5-4-12-29-19/h4-5,12-14H,1-3,6-11H2. The first-order chi connectivity index (χ1) is 14.0. The lowest BCUT2D eigenvalue weighted by Gasteiger charge is -2.36. The van der Waals surface area contributed by atoms with Gasteiger partial charge in [0.15, 0.2) is 5.82 Å². The number of carbonyl (C=O) groups is 1. The average Bonchev–Trinajstić information content (AvgIpc) is 3.28. The van der Waals surface area contributed by atoms with Crippen molar-refractivity contribution >= 4 is 34.3 Å². The third-order valence-corrected chi connectivity index (χ3v) is 6.43. The Morgan fingerprint density at radius 2 is 1.69 bits per heavy atom. The summed E-state index contributed by atoms with van der Waals surface area (Å²) in [4.78, 5) is 29.9. The number of halogens is 1. The fourth-order valence-electron chi connectivity index (χ4n) is 4.02. The van der Waals surface area contributed by atoms with Crippen molar-refractivity contribution in [1.82, 2.24) is 4.90 Å². The molecule has 0 aliphatic carbocycles. The molecule has 0 unspecified atom stereocenters. The van der Waals surface area contributed by atoms with Crippen molar-refractivity contribution in [3.8, 4) is 0 Å². The van der Waals surface area contributed by atoms with Gasteiger partial charge in [-0.3, -0.25) is 14.9 Å². The van der Waals surface area contributed by atoms with Crippen molar-refractivity contribution in [3.63, 3.8) is 0 Å². The van der Waals surface area contributed by atoms with Crippen LogP contribution in [-0.4, -0.2) is 55.0 Å². The smallest absolute Gasteiger partial charge is 0.295 e. The van der Waals surface area contributed by atoms with Gasteiger partial charge in [-0.15, -0.1) is 11.3 Å². The number of carbonyl (C=O) groups excluding carboxylic acids is 1. The average molecular weight is 418 g/mol. The van der Waals surface area contributed by atoms with E-state index < -0.39 is 10.7 Å². The zero-order valence-electron chi connectivity index (χ0n) is 16.1. The van der Waals surface area contributed by atoms with Gasteiger partial charge in [-0.2, -0.15) is 0 Å². The molecule has 0 N–H and O–H groups in total. The van der Waals surface area contributed by atoms with Gasteiger partial charge >= 0.3 is 0 Å². The largest absolute Gasteiger partial charge is 0.369 e. The zero-order chi connectivity index (χ0) is 20.4. The minimum absolute atomic E-state index is 0.0118. The summed E-state index contributed by atoms with van der Waals surface area (Å²) in [6.07, 6.45) is 3.11. The van der Waals surface area contributed by atoms with E-state index in [-0.39, 0.29) is 11.6 Å². The maximum atomic E-state index is 14.7. The van der Waals surface area contributed by atoms with Gasteiger partial charge in [0.1, 0.15) is 5.69 Å². The van der Waals surface area contributed by atoms with E-state index in [2.05, 4.69) is 0 Å².